The maximum Gasteiger partial charge on any atom is 0.203 e. The Morgan fingerprint density at radius 3 is 2.72 bits per heavy atom. The third kappa shape index (κ3) is 3.64. The summed E-state index contributed by atoms with van der Waals surface area (Å²) < 4.78 is 5.33. The molecule has 0 radical (unpaired) electrons. The van der Waals surface area contributed by atoms with Crippen LogP contribution in [-0.2, 0) is 0 Å². The van der Waals surface area contributed by atoms with E-state index < -0.39 is 0 Å². The number of aryl methyl sites for hydroxylation is 1. The van der Waals surface area contributed by atoms with Gasteiger partial charge in [0, 0.05) is 22.1 Å². The summed E-state index contributed by atoms with van der Waals surface area (Å²) in [6.07, 6.45) is 1.59. The number of benzene rings is 2. The molecular formula is C19H19N3O2S. The summed E-state index contributed by atoms with van der Waals surface area (Å²) in [6, 6.07) is 11.8. The minimum atomic E-state index is 0.202. The second kappa shape index (κ2) is 7.36. The largest absolute Gasteiger partial charge is 0.507 e. The summed E-state index contributed by atoms with van der Waals surface area (Å²) in [4.78, 5) is 4.51. The number of hydrogen-bond donors (Lipinski definition) is 2. The molecule has 1 heterocycles. The van der Waals surface area contributed by atoms with Crippen LogP contribution in [0, 0.1) is 13.8 Å². The Kier molecular flexibility index (Phi) is 5.00. The molecule has 0 atom stereocenters. The molecule has 0 bridgehead atoms. The number of aromatic hydroxyl groups is 1. The van der Waals surface area contributed by atoms with E-state index in [0.717, 1.165) is 28.1 Å². The van der Waals surface area contributed by atoms with E-state index in [2.05, 4.69) is 15.5 Å². The zero-order chi connectivity index (χ0) is 17.8. The molecule has 0 aliphatic rings. The Labute approximate surface area is 150 Å². The van der Waals surface area contributed by atoms with Gasteiger partial charge in [-0.1, -0.05) is 30.3 Å². The van der Waals surface area contributed by atoms with Crippen molar-refractivity contribution in [1.29, 1.82) is 0 Å². The van der Waals surface area contributed by atoms with E-state index in [1.807, 2.05) is 55.6 Å². The summed E-state index contributed by atoms with van der Waals surface area (Å²) in [5.74, 6) is 0.922. The first kappa shape index (κ1) is 17.0. The average molecular weight is 353 g/mol. The highest BCUT2D eigenvalue weighted by molar-refractivity contribution is 7.14. The lowest BCUT2D eigenvalue weighted by Crippen LogP contribution is -1.98. The Morgan fingerprint density at radius 1 is 1.24 bits per heavy atom. The Bertz CT molecular complexity index is 905. The van der Waals surface area contributed by atoms with Gasteiger partial charge in [-0.3, -0.25) is 5.43 Å². The van der Waals surface area contributed by atoms with Crippen LogP contribution in [0.5, 0.6) is 11.5 Å². The highest BCUT2D eigenvalue weighted by Crippen LogP contribution is 2.31. The number of thiazole rings is 1. The molecule has 2 N–H and O–H groups in total. The maximum atomic E-state index is 10.3. The zero-order valence-electron chi connectivity index (χ0n) is 14.3. The molecule has 0 unspecified atom stereocenters. The van der Waals surface area contributed by atoms with E-state index in [-0.39, 0.29) is 5.75 Å². The van der Waals surface area contributed by atoms with Crippen molar-refractivity contribution in [2.45, 2.75) is 13.8 Å². The number of nitrogens with one attached hydrogen (secondary N) is 1. The molecule has 0 aliphatic carbocycles. The summed E-state index contributed by atoms with van der Waals surface area (Å²) in [5, 5.41) is 17.1. The SMILES string of the molecule is COc1cc(C)c(O)c(C=NNc2nc(-c3ccccc3)cs2)c1C. The van der Waals surface area contributed by atoms with E-state index in [9.17, 15) is 5.11 Å². The first-order valence-electron chi connectivity index (χ1n) is 7.77. The lowest BCUT2D eigenvalue weighted by Gasteiger charge is -2.11. The van der Waals surface area contributed by atoms with Crippen LogP contribution in [0.2, 0.25) is 0 Å². The summed E-state index contributed by atoms with van der Waals surface area (Å²) in [7, 11) is 1.61. The Morgan fingerprint density at radius 2 is 2.00 bits per heavy atom. The predicted octanol–water partition coefficient (Wildman–Crippen LogP) is 4.59. The van der Waals surface area contributed by atoms with Crippen LogP contribution in [0.1, 0.15) is 16.7 Å². The summed E-state index contributed by atoms with van der Waals surface area (Å²) >= 11 is 1.48. The van der Waals surface area contributed by atoms with E-state index >= 15 is 0 Å². The fraction of sp³-hybridized carbons (Fsp3) is 0.158. The lowest BCUT2D eigenvalue weighted by atomic mass is 10.0. The molecule has 3 aromatic rings. The Balaban J connectivity index is 1.79. The van der Waals surface area contributed by atoms with Gasteiger partial charge in [0.05, 0.1) is 19.0 Å². The molecule has 6 heteroatoms. The first-order chi connectivity index (χ1) is 12.1. The molecule has 0 spiro atoms. The highest BCUT2D eigenvalue weighted by atomic mass is 32.1. The van der Waals surface area contributed by atoms with Crippen LogP contribution in [0.3, 0.4) is 0 Å². The number of anilines is 1. The van der Waals surface area contributed by atoms with Crippen molar-refractivity contribution in [3.63, 3.8) is 0 Å². The van der Waals surface area contributed by atoms with Gasteiger partial charge >= 0.3 is 0 Å². The molecule has 0 fully saturated rings. The number of nitrogens with zero attached hydrogens (tertiary/aromatic N) is 2. The third-order valence-electron chi connectivity index (χ3n) is 3.90. The average Bonchev–Trinajstić information content (AvgIpc) is 3.10. The number of phenols is 1. The van der Waals surface area contributed by atoms with Crippen LogP contribution in [-0.4, -0.2) is 23.4 Å². The van der Waals surface area contributed by atoms with E-state index in [1.54, 1.807) is 13.3 Å². The van der Waals surface area contributed by atoms with Crippen molar-refractivity contribution in [1.82, 2.24) is 4.98 Å². The topological polar surface area (TPSA) is 66.7 Å². The minimum Gasteiger partial charge on any atom is -0.507 e. The molecule has 1 aromatic heterocycles. The minimum absolute atomic E-state index is 0.202. The van der Waals surface area contributed by atoms with Crippen molar-refractivity contribution < 1.29 is 9.84 Å². The van der Waals surface area contributed by atoms with Gasteiger partial charge < -0.3 is 9.84 Å². The van der Waals surface area contributed by atoms with Gasteiger partial charge in [-0.15, -0.1) is 11.3 Å². The third-order valence-corrected chi connectivity index (χ3v) is 4.64. The number of ether oxygens (including phenoxy) is 1. The van der Waals surface area contributed by atoms with Gasteiger partial charge in [0.15, 0.2) is 0 Å². The van der Waals surface area contributed by atoms with Crippen LogP contribution in [0.25, 0.3) is 11.3 Å². The maximum absolute atomic E-state index is 10.3. The normalized spacial score (nSPS) is 11.0. The number of hydrogen-bond acceptors (Lipinski definition) is 6. The standard InChI is InChI=1S/C19H19N3O2S/c1-12-9-17(24-3)13(2)15(18(12)23)10-20-22-19-21-16(11-25-19)14-7-5-4-6-8-14/h4-11,23H,1-3H3,(H,21,22). The monoisotopic (exact) mass is 353 g/mol. The number of hydrazone groups is 1. The molecule has 0 amide bonds. The molecule has 2 aromatic carbocycles. The van der Waals surface area contributed by atoms with E-state index in [0.29, 0.717) is 10.7 Å². The van der Waals surface area contributed by atoms with Gasteiger partial charge in [-0.05, 0) is 25.5 Å². The van der Waals surface area contributed by atoms with Crippen molar-refractivity contribution in [2.75, 3.05) is 12.5 Å². The van der Waals surface area contributed by atoms with Crippen molar-refractivity contribution >= 4 is 22.7 Å². The second-order valence-electron chi connectivity index (χ2n) is 5.56. The number of phenolic OH excluding ortho intramolecular Hbond substituents is 1. The lowest BCUT2D eigenvalue weighted by molar-refractivity contribution is 0.408. The summed E-state index contributed by atoms with van der Waals surface area (Å²) in [6.45, 7) is 3.71. The van der Waals surface area contributed by atoms with Gasteiger partial charge in [-0.2, -0.15) is 5.10 Å². The zero-order valence-corrected chi connectivity index (χ0v) is 15.1. The van der Waals surface area contributed by atoms with E-state index in [4.69, 9.17) is 4.74 Å². The molecular weight excluding hydrogens is 334 g/mol. The second-order valence-corrected chi connectivity index (χ2v) is 6.42. The number of methoxy groups -OCH3 is 1. The van der Waals surface area contributed by atoms with Gasteiger partial charge in [0.1, 0.15) is 11.5 Å². The fourth-order valence-corrected chi connectivity index (χ4v) is 3.15. The molecule has 0 saturated carbocycles. The molecule has 5 nitrogen and oxygen atoms in total. The van der Waals surface area contributed by atoms with Gasteiger partial charge in [-0.25, -0.2) is 4.98 Å². The first-order valence-corrected chi connectivity index (χ1v) is 8.65. The van der Waals surface area contributed by atoms with Crippen molar-refractivity contribution in [2.24, 2.45) is 5.10 Å². The van der Waals surface area contributed by atoms with Crippen LogP contribution < -0.4 is 10.2 Å². The van der Waals surface area contributed by atoms with Crippen LogP contribution in [0.15, 0.2) is 46.9 Å². The number of rotatable bonds is 5. The smallest absolute Gasteiger partial charge is 0.203 e. The quantitative estimate of drug-likeness (QED) is 0.520. The Hall–Kier alpha value is -2.86. The number of aromatic nitrogens is 1. The van der Waals surface area contributed by atoms with E-state index in [1.165, 1.54) is 11.3 Å². The predicted molar refractivity (Wildman–Crippen MR) is 103 cm³/mol. The molecule has 0 aliphatic heterocycles. The van der Waals surface area contributed by atoms with Crippen molar-refractivity contribution in [3.8, 4) is 22.8 Å². The van der Waals surface area contributed by atoms with Gasteiger partial charge in [0.2, 0.25) is 5.13 Å². The van der Waals surface area contributed by atoms with Crippen LogP contribution >= 0.6 is 11.3 Å². The van der Waals surface area contributed by atoms with Crippen molar-refractivity contribution in [3.05, 3.63) is 58.5 Å². The molecule has 128 valence electrons. The summed E-state index contributed by atoms with van der Waals surface area (Å²) in [5.41, 5.74) is 7.09. The fourth-order valence-electron chi connectivity index (χ4n) is 2.48. The molecule has 25 heavy (non-hydrogen) atoms. The van der Waals surface area contributed by atoms with Gasteiger partial charge in [0.25, 0.3) is 0 Å². The van der Waals surface area contributed by atoms with Crippen LogP contribution in [0.4, 0.5) is 5.13 Å². The molecule has 3 rings (SSSR count). The molecule has 0 saturated heterocycles. The highest BCUT2D eigenvalue weighted by Gasteiger charge is 2.11.